The fourth-order valence-electron chi connectivity index (χ4n) is 5.87. The summed E-state index contributed by atoms with van der Waals surface area (Å²) in [5, 5.41) is 31.1. The highest BCUT2D eigenvalue weighted by Crippen LogP contribution is 2.11. The first kappa shape index (κ1) is 52.1. The lowest BCUT2D eigenvalue weighted by atomic mass is 9.99. The van der Waals surface area contributed by atoms with Gasteiger partial charge in [-0.05, 0) is 56.4 Å². The second-order valence-electron chi connectivity index (χ2n) is 15.7. The molecule has 0 unspecified atom stereocenters. The predicted molar refractivity (Wildman–Crippen MR) is 213 cm³/mol. The number of unbranched alkanes of at least 4 members (excludes halogenated alkanes) is 1. The normalized spacial score (nSPS) is 24.1. The predicted octanol–water partition coefficient (Wildman–Crippen LogP) is -4.52. The van der Waals surface area contributed by atoms with Gasteiger partial charge in [-0.15, -0.1) is 0 Å². The molecule has 14 N–H and O–H groups in total. The number of nitrogens with one attached hydrogen (secondary N) is 9. The lowest BCUT2D eigenvalue weighted by Gasteiger charge is -2.28. The third kappa shape index (κ3) is 20.2. The largest absolute Gasteiger partial charge is 0.481 e. The number of carbonyl (C=O) groups excluding carboxylic acids is 10. The molecule has 1 aliphatic rings. The van der Waals surface area contributed by atoms with Crippen LogP contribution in [0.3, 0.4) is 0 Å². The van der Waals surface area contributed by atoms with Crippen LogP contribution in [0.5, 0.6) is 0 Å². The fraction of sp³-hybridized carbons (Fsp3) is 0.703. The summed E-state index contributed by atoms with van der Waals surface area (Å²) < 4.78 is 0. The Balaban J connectivity index is 3.63. The van der Waals surface area contributed by atoms with Gasteiger partial charge in [0.05, 0.1) is 32.5 Å². The number of carboxylic acid groups (broad SMARTS) is 1. The summed E-state index contributed by atoms with van der Waals surface area (Å²) in [6, 6.07) is -8.56. The monoisotopic (exact) mass is 853 g/mol. The molecule has 0 aromatic carbocycles. The van der Waals surface area contributed by atoms with Crippen molar-refractivity contribution in [3.8, 4) is 0 Å². The van der Waals surface area contributed by atoms with E-state index in [1.165, 1.54) is 0 Å². The second-order valence-corrected chi connectivity index (χ2v) is 15.7. The van der Waals surface area contributed by atoms with Crippen LogP contribution in [-0.2, 0) is 52.7 Å². The number of aliphatic carboxylic acids is 1. The van der Waals surface area contributed by atoms with Crippen LogP contribution in [0.2, 0.25) is 0 Å². The minimum Gasteiger partial charge on any atom is -0.481 e. The first-order valence-corrected chi connectivity index (χ1v) is 19.9. The lowest BCUT2D eigenvalue weighted by molar-refractivity contribution is -0.141. The number of hydrogen-bond acceptors (Lipinski definition) is 12. The summed E-state index contributed by atoms with van der Waals surface area (Å²) in [7, 11) is 0. The Morgan fingerprint density at radius 3 is 1.48 bits per heavy atom. The molecule has 1 fully saturated rings. The molecule has 1 rings (SSSR count). The third-order valence-corrected chi connectivity index (χ3v) is 8.89. The van der Waals surface area contributed by atoms with E-state index in [1.807, 2.05) is 0 Å². The van der Waals surface area contributed by atoms with Gasteiger partial charge in [0.15, 0.2) is 0 Å². The molecule has 60 heavy (non-hydrogen) atoms. The van der Waals surface area contributed by atoms with Gasteiger partial charge in [-0.2, -0.15) is 0 Å². The van der Waals surface area contributed by atoms with Crippen LogP contribution in [0.15, 0.2) is 0 Å². The van der Waals surface area contributed by atoms with E-state index in [2.05, 4.69) is 47.9 Å². The molecule has 0 aliphatic carbocycles. The number of rotatable bonds is 13. The third-order valence-electron chi connectivity index (χ3n) is 8.89. The summed E-state index contributed by atoms with van der Waals surface area (Å²) in [6.45, 7) is 8.52. The van der Waals surface area contributed by atoms with E-state index in [-0.39, 0.29) is 37.6 Å². The summed E-state index contributed by atoms with van der Waals surface area (Å²) >= 11 is 0. The van der Waals surface area contributed by atoms with Gasteiger partial charge in [0.1, 0.15) is 36.3 Å². The van der Waals surface area contributed by atoms with Gasteiger partial charge in [-0.1, -0.05) is 41.5 Å². The van der Waals surface area contributed by atoms with Crippen molar-refractivity contribution in [1.29, 1.82) is 0 Å². The van der Waals surface area contributed by atoms with Crippen molar-refractivity contribution in [3.63, 3.8) is 0 Å². The van der Waals surface area contributed by atoms with Crippen LogP contribution < -0.4 is 59.3 Å². The van der Waals surface area contributed by atoms with Gasteiger partial charge in [0.25, 0.3) is 0 Å². The fourth-order valence-corrected chi connectivity index (χ4v) is 5.87. The smallest absolute Gasteiger partial charge is 0.305 e. The maximum Gasteiger partial charge on any atom is 0.305 e. The van der Waals surface area contributed by atoms with Gasteiger partial charge in [-0.25, -0.2) is 0 Å². The summed E-state index contributed by atoms with van der Waals surface area (Å²) in [6.07, 6.45) is -0.784. The molecule has 0 saturated carbocycles. The average Bonchev–Trinajstić information content (AvgIpc) is 3.14. The molecule has 338 valence electrons. The average molecular weight is 854 g/mol. The maximum absolute atomic E-state index is 13.6. The van der Waals surface area contributed by atoms with Gasteiger partial charge in [-0.3, -0.25) is 52.7 Å². The van der Waals surface area contributed by atoms with E-state index in [1.54, 1.807) is 41.5 Å². The van der Waals surface area contributed by atoms with Gasteiger partial charge >= 0.3 is 5.97 Å². The molecular weight excluding hydrogens is 790 g/mol. The Morgan fingerprint density at radius 1 is 0.550 bits per heavy atom. The minimum atomic E-state index is -1.85. The Kier molecular flexibility index (Phi) is 22.8. The van der Waals surface area contributed by atoms with E-state index >= 15 is 0 Å². The van der Waals surface area contributed by atoms with Crippen molar-refractivity contribution in [2.45, 2.75) is 123 Å². The van der Waals surface area contributed by atoms with Crippen LogP contribution in [0.1, 0.15) is 86.5 Å². The minimum absolute atomic E-state index is 0.00657. The molecule has 0 radical (unpaired) electrons. The highest BCUT2D eigenvalue weighted by Gasteiger charge is 2.34. The van der Waals surface area contributed by atoms with E-state index in [4.69, 9.17) is 11.5 Å². The summed E-state index contributed by atoms with van der Waals surface area (Å²) in [4.78, 5) is 143. The van der Waals surface area contributed by atoms with Crippen LogP contribution >= 0.6 is 0 Å². The Hall–Kier alpha value is -5.87. The molecule has 23 heteroatoms. The van der Waals surface area contributed by atoms with Crippen molar-refractivity contribution in [2.24, 2.45) is 29.2 Å². The first-order chi connectivity index (χ1) is 28.0. The molecule has 0 aromatic heterocycles. The zero-order valence-electron chi connectivity index (χ0n) is 35.1. The van der Waals surface area contributed by atoms with Crippen molar-refractivity contribution >= 4 is 65.0 Å². The van der Waals surface area contributed by atoms with Crippen molar-refractivity contribution in [2.75, 3.05) is 26.2 Å². The number of carbonyl (C=O) groups is 11. The Morgan fingerprint density at radius 2 is 0.983 bits per heavy atom. The molecule has 23 nitrogen and oxygen atoms in total. The molecular formula is C37H63N11O12. The molecule has 0 aromatic rings. The SMILES string of the molecule is CC(C)C[C@@H]1NC(=O)CNC(=O)CNC(=O)[C@H](CC(C)C)NC(=O)[C@H](CC(=O)O)NC(=O)[C@H](CC(N)=O)NC(=O)CNC(=O)[C@H](CCCCN)NC(=O)[C@H](C(C)C)NC1=O. The number of hydrogen-bond donors (Lipinski definition) is 12. The molecule has 1 heterocycles. The molecule has 6 atom stereocenters. The van der Waals surface area contributed by atoms with E-state index in [0.717, 1.165) is 0 Å². The summed E-state index contributed by atoms with van der Waals surface area (Å²) in [5.74, 6) is -11.6. The Labute approximate surface area is 348 Å². The molecule has 0 bridgehead atoms. The van der Waals surface area contributed by atoms with Crippen LogP contribution in [0.4, 0.5) is 0 Å². The number of amides is 10. The zero-order chi connectivity index (χ0) is 45.7. The quantitative estimate of drug-likeness (QED) is 0.0779. The molecule has 10 amide bonds. The standard InChI is InChI=1S/C37H63N11O12/c1-18(2)11-22-33(56)41-15-27(50)40-16-28(51)43-23(12-19(3)4)36(59)48-31(20(5)6)37(60)45-21(9-7-8-10-38)32(55)42-17-29(52)44-24(13-26(39)49)34(57)47-25(14-30(53)54)35(58)46-22/h18-25,31H,7-17,38H2,1-6H3,(H2,39,49)(H,40,50)(H,41,56)(H,42,55)(H,43,51)(H,44,52)(H,45,60)(H,46,58)(H,47,57)(H,48,59)(H,53,54)/t21-,22-,23-,24-,25-,31-/m0/s1. The number of primary amides is 1. The van der Waals surface area contributed by atoms with Crippen LogP contribution in [0.25, 0.3) is 0 Å². The van der Waals surface area contributed by atoms with E-state index in [9.17, 15) is 57.8 Å². The van der Waals surface area contributed by atoms with E-state index in [0.29, 0.717) is 12.8 Å². The van der Waals surface area contributed by atoms with Gasteiger partial charge < -0.3 is 64.4 Å². The first-order valence-electron chi connectivity index (χ1n) is 19.9. The van der Waals surface area contributed by atoms with Gasteiger partial charge in [0, 0.05) is 0 Å². The van der Waals surface area contributed by atoms with Crippen molar-refractivity contribution < 1.29 is 57.8 Å². The van der Waals surface area contributed by atoms with Crippen LogP contribution in [-0.4, -0.2) is 133 Å². The lowest BCUT2D eigenvalue weighted by Crippen LogP contribution is -2.59. The number of nitrogens with two attached hydrogens (primary N) is 2. The highest BCUT2D eigenvalue weighted by atomic mass is 16.4. The topological polar surface area (TPSA) is 368 Å². The van der Waals surface area contributed by atoms with Crippen LogP contribution in [0, 0.1) is 17.8 Å². The second kappa shape index (κ2) is 26.3. The highest BCUT2D eigenvalue weighted by molar-refractivity contribution is 5.99. The molecule has 1 saturated heterocycles. The molecule has 1 aliphatic heterocycles. The maximum atomic E-state index is 13.6. The molecule has 0 spiro atoms. The van der Waals surface area contributed by atoms with Crippen molar-refractivity contribution in [1.82, 2.24) is 47.9 Å². The number of carboxylic acids is 1. The Bertz CT molecular complexity index is 1570. The van der Waals surface area contributed by atoms with Crippen molar-refractivity contribution in [3.05, 3.63) is 0 Å². The summed E-state index contributed by atoms with van der Waals surface area (Å²) in [5.41, 5.74) is 10.9. The van der Waals surface area contributed by atoms with E-state index < -0.39 is 140 Å². The van der Waals surface area contributed by atoms with Gasteiger partial charge in [0.2, 0.25) is 59.1 Å². The zero-order valence-corrected chi connectivity index (χ0v) is 35.1.